The zero-order valence-corrected chi connectivity index (χ0v) is 10.1. The molecule has 0 aromatic heterocycles. The molecule has 0 unspecified atom stereocenters. The van der Waals surface area contributed by atoms with Crippen molar-refractivity contribution < 1.29 is 14.3 Å². The molecule has 1 aliphatic heterocycles. The fourth-order valence-corrected chi connectivity index (χ4v) is 2.13. The Morgan fingerprint density at radius 3 is 2.83 bits per heavy atom. The maximum atomic E-state index is 13.5. The summed E-state index contributed by atoms with van der Waals surface area (Å²) in [5.41, 5.74) is 0.373. The smallest absolute Gasteiger partial charge is 0.335 e. The molecule has 0 aliphatic carbocycles. The van der Waals surface area contributed by atoms with E-state index in [0.29, 0.717) is 12.5 Å². The van der Waals surface area contributed by atoms with E-state index in [1.54, 1.807) is 0 Å². The Labute approximate surface area is 105 Å². The standard InChI is InChI=1S/C13H17FN2O2/c14-11-2-1-10(13(17)18)7-12(11)16-8-9-3-5-15-6-4-9/h1-2,7,9,15-16H,3-6,8H2,(H,17,18). The number of hydrogen-bond donors (Lipinski definition) is 3. The summed E-state index contributed by atoms with van der Waals surface area (Å²) in [4.78, 5) is 10.8. The van der Waals surface area contributed by atoms with Gasteiger partial charge in [-0.25, -0.2) is 9.18 Å². The van der Waals surface area contributed by atoms with Crippen LogP contribution in [0.15, 0.2) is 18.2 Å². The highest BCUT2D eigenvalue weighted by Crippen LogP contribution is 2.18. The fraction of sp³-hybridized carbons (Fsp3) is 0.462. The summed E-state index contributed by atoms with van der Waals surface area (Å²) in [5, 5.41) is 15.1. The second-order valence-electron chi connectivity index (χ2n) is 4.57. The second kappa shape index (κ2) is 5.82. The van der Waals surface area contributed by atoms with Crippen LogP contribution in [0.1, 0.15) is 23.2 Å². The van der Waals surface area contributed by atoms with E-state index < -0.39 is 11.8 Å². The molecule has 3 N–H and O–H groups in total. The summed E-state index contributed by atoms with van der Waals surface area (Å²) in [6.45, 7) is 2.66. The van der Waals surface area contributed by atoms with Crippen molar-refractivity contribution in [3.63, 3.8) is 0 Å². The maximum Gasteiger partial charge on any atom is 0.335 e. The van der Waals surface area contributed by atoms with Crippen LogP contribution >= 0.6 is 0 Å². The van der Waals surface area contributed by atoms with Gasteiger partial charge < -0.3 is 15.7 Å². The summed E-state index contributed by atoms with van der Waals surface area (Å²) in [6, 6.07) is 3.81. The third kappa shape index (κ3) is 3.20. The third-order valence-electron chi connectivity index (χ3n) is 3.25. The van der Waals surface area contributed by atoms with Gasteiger partial charge in [-0.05, 0) is 50.0 Å². The minimum absolute atomic E-state index is 0.101. The fourth-order valence-electron chi connectivity index (χ4n) is 2.13. The lowest BCUT2D eigenvalue weighted by atomic mass is 9.98. The lowest BCUT2D eigenvalue weighted by Gasteiger charge is -2.23. The first-order valence-corrected chi connectivity index (χ1v) is 6.14. The van der Waals surface area contributed by atoms with Crippen LogP contribution in [0.3, 0.4) is 0 Å². The van der Waals surface area contributed by atoms with Crippen LogP contribution in [-0.4, -0.2) is 30.7 Å². The average molecular weight is 252 g/mol. The molecule has 1 aliphatic rings. The van der Waals surface area contributed by atoms with Gasteiger partial charge in [-0.2, -0.15) is 0 Å². The van der Waals surface area contributed by atoms with Crippen molar-refractivity contribution in [3.05, 3.63) is 29.6 Å². The largest absolute Gasteiger partial charge is 0.478 e. The molecule has 1 aromatic carbocycles. The Bertz CT molecular complexity index is 431. The van der Waals surface area contributed by atoms with E-state index in [2.05, 4.69) is 10.6 Å². The molecule has 1 fully saturated rings. The molecule has 1 aromatic rings. The van der Waals surface area contributed by atoms with Gasteiger partial charge in [0.05, 0.1) is 11.3 Å². The molecule has 0 amide bonds. The van der Waals surface area contributed by atoms with Crippen LogP contribution in [0.25, 0.3) is 0 Å². The van der Waals surface area contributed by atoms with Crippen molar-refractivity contribution in [2.75, 3.05) is 25.0 Å². The SMILES string of the molecule is O=C(O)c1ccc(F)c(NCC2CCNCC2)c1. The Morgan fingerprint density at radius 2 is 2.17 bits per heavy atom. The summed E-state index contributed by atoms with van der Waals surface area (Å²) in [5.74, 6) is -0.937. The number of carbonyl (C=O) groups is 1. The van der Waals surface area contributed by atoms with Crippen LogP contribution in [0.4, 0.5) is 10.1 Å². The number of aromatic carboxylic acids is 1. The molecule has 2 rings (SSSR count). The van der Waals surface area contributed by atoms with E-state index in [9.17, 15) is 9.18 Å². The van der Waals surface area contributed by atoms with Gasteiger partial charge >= 0.3 is 5.97 Å². The van der Waals surface area contributed by atoms with Crippen molar-refractivity contribution >= 4 is 11.7 Å². The van der Waals surface area contributed by atoms with E-state index in [-0.39, 0.29) is 11.3 Å². The van der Waals surface area contributed by atoms with E-state index in [1.807, 2.05) is 0 Å². The number of hydrogen-bond acceptors (Lipinski definition) is 3. The molecular formula is C13H17FN2O2. The second-order valence-corrected chi connectivity index (χ2v) is 4.57. The third-order valence-corrected chi connectivity index (χ3v) is 3.25. The highest BCUT2D eigenvalue weighted by atomic mass is 19.1. The molecule has 0 bridgehead atoms. The minimum Gasteiger partial charge on any atom is -0.478 e. The van der Waals surface area contributed by atoms with Crippen molar-refractivity contribution in [3.8, 4) is 0 Å². The van der Waals surface area contributed by atoms with E-state index in [4.69, 9.17) is 5.11 Å². The number of piperidine rings is 1. The number of rotatable bonds is 4. The number of carboxylic acids is 1. The molecule has 1 saturated heterocycles. The highest BCUT2D eigenvalue weighted by molar-refractivity contribution is 5.88. The predicted octanol–water partition coefficient (Wildman–Crippen LogP) is 1.94. The van der Waals surface area contributed by atoms with E-state index >= 15 is 0 Å². The molecule has 4 nitrogen and oxygen atoms in total. The normalized spacial score (nSPS) is 16.5. The van der Waals surface area contributed by atoms with Crippen LogP contribution in [0.5, 0.6) is 0 Å². The van der Waals surface area contributed by atoms with Gasteiger partial charge in [0, 0.05) is 6.54 Å². The first-order valence-electron chi connectivity index (χ1n) is 6.14. The molecule has 5 heteroatoms. The molecule has 98 valence electrons. The van der Waals surface area contributed by atoms with Crippen LogP contribution < -0.4 is 10.6 Å². The van der Waals surface area contributed by atoms with Crippen LogP contribution in [0, 0.1) is 11.7 Å². The number of nitrogens with one attached hydrogen (secondary N) is 2. The van der Waals surface area contributed by atoms with Gasteiger partial charge in [-0.3, -0.25) is 0 Å². The van der Waals surface area contributed by atoms with E-state index in [1.165, 1.54) is 18.2 Å². The molecule has 1 heterocycles. The average Bonchev–Trinajstić information content (AvgIpc) is 2.38. The van der Waals surface area contributed by atoms with Crippen molar-refractivity contribution in [1.29, 1.82) is 0 Å². The first kappa shape index (κ1) is 12.8. The molecule has 0 radical (unpaired) electrons. The Kier molecular flexibility index (Phi) is 4.15. The van der Waals surface area contributed by atoms with Gasteiger partial charge in [-0.15, -0.1) is 0 Å². The van der Waals surface area contributed by atoms with Gasteiger partial charge in [0.15, 0.2) is 0 Å². The summed E-state index contributed by atoms with van der Waals surface area (Å²) >= 11 is 0. The molecular weight excluding hydrogens is 235 g/mol. The lowest BCUT2D eigenvalue weighted by molar-refractivity contribution is 0.0697. The summed E-state index contributed by atoms with van der Waals surface area (Å²) in [6.07, 6.45) is 2.13. The molecule has 0 saturated carbocycles. The number of benzene rings is 1. The van der Waals surface area contributed by atoms with Crippen LogP contribution in [-0.2, 0) is 0 Å². The summed E-state index contributed by atoms with van der Waals surface area (Å²) < 4.78 is 13.5. The van der Waals surface area contributed by atoms with Crippen LogP contribution in [0.2, 0.25) is 0 Å². The zero-order chi connectivity index (χ0) is 13.0. The number of carboxylic acid groups (broad SMARTS) is 1. The summed E-state index contributed by atoms with van der Waals surface area (Å²) in [7, 11) is 0. The van der Waals surface area contributed by atoms with Gasteiger partial charge in [0.25, 0.3) is 0 Å². The molecule has 18 heavy (non-hydrogen) atoms. The predicted molar refractivity (Wildman–Crippen MR) is 67.4 cm³/mol. The zero-order valence-electron chi connectivity index (χ0n) is 10.1. The Morgan fingerprint density at radius 1 is 1.44 bits per heavy atom. The molecule has 0 atom stereocenters. The van der Waals surface area contributed by atoms with Gasteiger partial charge in [-0.1, -0.05) is 0 Å². The van der Waals surface area contributed by atoms with Gasteiger partial charge in [0.1, 0.15) is 5.82 Å². The quantitative estimate of drug-likeness (QED) is 0.766. The highest BCUT2D eigenvalue weighted by Gasteiger charge is 2.14. The van der Waals surface area contributed by atoms with E-state index in [0.717, 1.165) is 25.9 Å². The molecule has 0 spiro atoms. The lowest BCUT2D eigenvalue weighted by Crippen LogP contribution is -2.31. The monoisotopic (exact) mass is 252 g/mol. The first-order chi connectivity index (χ1) is 8.66. The van der Waals surface area contributed by atoms with Gasteiger partial charge in [0.2, 0.25) is 0 Å². The maximum absolute atomic E-state index is 13.5. The topological polar surface area (TPSA) is 61.4 Å². The van der Waals surface area contributed by atoms with Crippen molar-refractivity contribution in [1.82, 2.24) is 5.32 Å². The number of halogens is 1. The van der Waals surface area contributed by atoms with Crippen molar-refractivity contribution in [2.45, 2.75) is 12.8 Å². The number of anilines is 1. The Hall–Kier alpha value is -1.62. The Balaban J connectivity index is 1.99. The van der Waals surface area contributed by atoms with Crippen molar-refractivity contribution in [2.24, 2.45) is 5.92 Å². The minimum atomic E-state index is -1.04.